The number of carbonyl (C=O) groups is 2. The molecule has 4 heteroatoms. The first kappa shape index (κ1) is 11.7. The fourth-order valence-electron chi connectivity index (χ4n) is 3.15. The molecule has 1 saturated carbocycles. The van der Waals surface area contributed by atoms with Crippen LogP contribution >= 0.6 is 0 Å². The summed E-state index contributed by atoms with van der Waals surface area (Å²) in [7, 11) is 0. The van der Waals surface area contributed by atoms with E-state index in [0.29, 0.717) is 12.0 Å². The summed E-state index contributed by atoms with van der Waals surface area (Å²) >= 11 is 0. The van der Waals surface area contributed by atoms with Gasteiger partial charge in [0.05, 0.1) is 0 Å². The molecule has 2 aliphatic carbocycles. The Balaban J connectivity index is 1.82. The van der Waals surface area contributed by atoms with E-state index in [1.807, 2.05) is 12.2 Å². The fraction of sp³-hybridized carbons (Fsp3) is 0.571. The Bertz CT molecular complexity index is 456. The van der Waals surface area contributed by atoms with Gasteiger partial charge in [0.15, 0.2) is 0 Å². The molecule has 0 spiro atoms. The zero-order valence-corrected chi connectivity index (χ0v) is 10.4. The Morgan fingerprint density at radius 3 is 2.50 bits per heavy atom. The molecule has 0 radical (unpaired) electrons. The van der Waals surface area contributed by atoms with Gasteiger partial charge in [-0.15, -0.1) is 0 Å². The number of rotatable bonds is 1. The van der Waals surface area contributed by atoms with E-state index in [9.17, 15) is 9.59 Å². The second-order valence-electron chi connectivity index (χ2n) is 5.38. The smallest absolute Gasteiger partial charge is 0.261 e. The molecule has 0 saturated heterocycles. The van der Waals surface area contributed by atoms with Crippen LogP contribution in [0.4, 0.5) is 0 Å². The van der Waals surface area contributed by atoms with Crippen molar-refractivity contribution in [1.82, 2.24) is 4.90 Å². The lowest BCUT2D eigenvalue weighted by Crippen LogP contribution is -2.44. The molecule has 0 aromatic carbocycles. The molecular formula is C14H18N2O2. The lowest BCUT2D eigenvalue weighted by Gasteiger charge is -2.32. The number of hydrogen-bond acceptors (Lipinski definition) is 3. The summed E-state index contributed by atoms with van der Waals surface area (Å²) in [5, 5.41) is 0. The summed E-state index contributed by atoms with van der Waals surface area (Å²) in [5.41, 5.74) is 7.22. The normalized spacial score (nSPS) is 32.2. The van der Waals surface area contributed by atoms with Gasteiger partial charge in [0.25, 0.3) is 11.8 Å². The van der Waals surface area contributed by atoms with Crippen molar-refractivity contribution in [3.05, 3.63) is 23.3 Å². The average molecular weight is 246 g/mol. The van der Waals surface area contributed by atoms with E-state index in [0.717, 1.165) is 37.7 Å². The second kappa shape index (κ2) is 4.35. The number of nitrogens with zero attached hydrogens (tertiary/aromatic N) is 1. The molecule has 4 nitrogen and oxygen atoms in total. The molecule has 0 unspecified atom stereocenters. The minimum absolute atomic E-state index is 0.0557. The predicted molar refractivity (Wildman–Crippen MR) is 67.5 cm³/mol. The van der Waals surface area contributed by atoms with E-state index < -0.39 is 0 Å². The summed E-state index contributed by atoms with van der Waals surface area (Å²) in [6.45, 7) is 0. The van der Waals surface area contributed by atoms with Gasteiger partial charge in [0.1, 0.15) is 0 Å². The lowest BCUT2D eigenvalue weighted by atomic mass is 9.91. The van der Waals surface area contributed by atoms with Gasteiger partial charge in [-0.05, 0) is 38.5 Å². The van der Waals surface area contributed by atoms with Crippen LogP contribution in [0.1, 0.15) is 38.5 Å². The molecule has 0 atom stereocenters. The zero-order valence-electron chi connectivity index (χ0n) is 10.4. The third kappa shape index (κ3) is 1.72. The first-order valence-corrected chi connectivity index (χ1v) is 6.71. The number of nitrogens with two attached hydrogens (primary N) is 1. The standard InChI is InChI=1S/C14H18N2O2/c15-9-5-7-10(8-6-9)16-13(17)11-3-1-2-4-12(11)14(16)18/h1,3,9-10H,2,4-8,15H2. The number of carbonyl (C=O) groups excluding carboxylic acids is 2. The van der Waals surface area contributed by atoms with Crippen LogP contribution in [0.25, 0.3) is 0 Å². The highest BCUT2D eigenvalue weighted by Crippen LogP contribution is 2.33. The fourth-order valence-corrected chi connectivity index (χ4v) is 3.15. The monoisotopic (exact) mass is 246 g/mol. The quantitative estimate of drug-likeness (QED) is 0.709. The van der Waals surface area contributed by atoms with E-state index in [1.54, 1.807) is 0 Å². The maximum atomic E-state index is 12.3. The van der Waals surface area contributed by atoms with Gasteiger partial charge in [-0.3, -0.25) is 14.5 Å². The predicted octanol–water partition coefficient (Wildman–Crippen LogP) is 1.27. The minimum atomic E-state index is -0.0913. The Morgan fingerprint density at radius 1 is 1.11 bits per heavy atom. The van der Waals surface area contributed by atoms with Gasteiger partial charge in [0.2, 0.25) is 0 Å². The van der Waals surface area contributed by atoms with Gasteiger partial charge in [-0.1, -0.05) is 12.2 Å². The van der Waals surface area contributed by atoms with Crippen LogP contribution in [0, 0.1) is 0 Å². The summed E-state index contributed by atoms with van der Waals surface area (Å²) in [4.78, 5) is 26.1. The highest BCUT2D eigenvalue weighted by Gasteiger charge is 2.41. The van der Waals surface area contributed by atoms with Crippen LogP contribution in [0.5, 0.6) is 0 Å². The zero-order chi connectivity index (χ0) is 12.7. The number of hydrogen-bond donors (Lipinski definition) is 1. The van der Waals surface area contributed by atoms with E-state index in [1.165, 1.54) is 4.90 Å². The van der Waals surface area contributed by atoms with E-state index in [4.69, 9.17) is 5.73 Å². The van der Waals surface area contributed by atoms with Crippen LogP contribution in [0.2, 0.25) is 0 Å². The highest BCUT2D eigenvalue weighted by molar-refractivity contribution is 6.21. The first-order valence-electron chi connectivity index (χ1n) is 6.71. The maximum Gasteiger partial charge on any atom is 0.261 e. The number of amides is 2. The van der Waals surface area contributed by atoms with Crippen molar-refractivity contribution in [2.24, 2.45) is 5.73 Å². The van der Waals surface area contributed by atoms with Crippen LogP contribution in [0.15, 0.2) is 23.3 Å². The first-order chi connectivity index (χ1) is 8.68. The van der Waals surface area contributed by atoms with Crippen molar-refractivity contribution in [2.45, 2.75) is 50.6 Å². The second-order valence-corrected chi connectivity index (χ2v) is 5.38. The Hall–Kier alpha value is -1.42. The molecule has 18 heavy (non-hydrogen) atoms. The molecule has 0 bridgehead atoms. The minimum Gasteiger partial charge on any atom is -0.328 e. The largest absolute Gasteiger partial charge is 0.328 e. The van der Waals surface area contributed by atoms with E-state index in [-0.39, 0.29) is 23.9 Å². The molecule has 0 aromatic rings. The SMILES string of the molecule is NC1CCC(N2C(=O)C3=C(CCC=C3)C2=O)CC1. The third-order valence-corrected chi connectivity index (χ3v) is 4.20. The van der Waals surface area contributed by atoms with Gasteiger partial charge in [0, 0.05) is 23.2 Å². The Labute approximate surface area is 107 Å². The summed E-state index contributed by atoms with van der Waals surface area (Å²) < 4.78 is 0. The van der Waals surface area contributed by atoms with Crippen molar-refractivity contribution in [2.75, 3.05) is 0 Å². The molecule has 3 rings (SSSR count). The van der Waals surface area contributed by atoms with Crippen molar-refractivity contribution in [3.63, 3.8) is 0 Å². The molecule has 2 N–H and O–H groups in total. The van der Waals surface area contributed by atoms with E-state index in [2.05, 4.69) is 0 Å². The number of imide groups is 1. The highest BCUT2D eigenvalue weighted by atomic mass is 16.2. The average Bonchev–Trinajstić information content (AvgIpc) is 2.64. The molecule has 2 amide bonds. The summed E-state index contributed by atoms with van der Waals surface area (Å²) in [6.07, 6.45) is 8.87. The Morgan fingerprint density at radius 2 is 1.83 bits per heavy atom. The Kier molecular flexibility index (Phi) is 2.82. The lowest BCUT2D eigenvalue weighted by molar-refractivity contribution is -0.141. The van der Waals surface area contributed by atoms with Crippen molar-refractivity contribution >= 4 is 11.8 Å². The van der Waals surface area contributed by atoms with Gasteiger partial charge in [-0.25, -0.2) is 0 Å². The van der Waals surface area contributed by atoms with Gasteiger partial charge < -0.3 is 5.73 Å². The third-order valence-electron chi connectivity index (χ3n) is 4.20. The molecule has 96 valence electrons. The summed E-state index contributed by atoms with van der Waals surface area (Å²) in [5.74, 6) is -0.147. The summed E-state index contributed by atoms with van der Waals surface area (Å²) in [6, 6.07) is 0.292. The van der Waals surface area contributed by atoms with Crippen LogP contribution in [-0.4, -0.2) is 28.8 Å². The van der Waals surface area contributed by atoms with Crippen LogP contribution < -0.4 is 5.73 Å². The maximum absolute atomic E-state index is 12.3. The molecule has 1 heterocycles. The molecule has 3 aliphatic rings. The topological polar surface area (TPSA) is 63.4 Å². The number of allylic oxidation sites excluding steroid dienone is 1. The molecule has 1 fully saturated rings. The molecular weight excluding hydrogens is 228 g/mol. The van der Waals surface area contributed by atoms with Gasteiger partial charge in [-0.2, -0.15) is 0 Å². The van der Waals surface area contributed by atoms with Crippen molar-refractivity contribution < 1.29 is 9.59 Å². The van der Waals surface area contributed by atoms with Crippen LogP contribution in [-0.2, 0) is 9.59 Å². The van der Waals surface area contributed by atoms with Crippen molar-refractivity contribution in [1.29, 1.82) is 0 Å². The van der Waals surface area contributed by atoms with Crippen LogP contribution in [0.3, 0.4) is 0 Å². The van der Waals surface area contributed by atoms with Gasteiger partial charge >= 0.3 is 0 Å². The molecule has 1 aliphatic heterocycles. The van der Waals surface area contributed by atoms with Crippen molar-refractivity contribution in [3.8, 4) is 0 Å². The van der Waals surface area contributed by atoms with E-state index >= 15 is 0 Å². The molecule has 0 aromatic heterocycles.